The van der Waals surface area contributed by atoms with Crippen LogP contribution in [0.5, 0.6) is 11.5 Å². The number of halogens is 1. The molecular formula is C16H24ClN3O3. The van der Waals surface area contributed by atoms with Gasteiger partial charge < -0.3 is 24.8 Å². The molecule has 128 valence electrons. The van der Waals surface area contributed by atoms with E-state index in [4.69, 9.17) is 25.8 Å². The lowest BCUT2D eigenvalue weighted by Crippen LogP contribution is -2.38. The first-order valence-electron chi connectivity index (χ1n) is 7.83. The van der Waals surface area contributed by atoms with Gasteiger partial charge in [0.15, 0.2) is 17.5 Å². The average Bonchev–Trinajstić information content (AvgIpc) is 2.78. The quantitative estimate of drug-likeness (QED) is 0.472. The van der Waals surface area contributed by atoms with Crippen molar-refractivity contribution in [2.24, 2.45) is 4.99 Å². The van der Waals surface area contributed by atoms with Crippen molar-refractivity contribution in [1.82, 2.24) is 10.6 Å². The Kier molecular flexibility index (Phi) is 7.29. The number of fused-ring (bicyclic) bond motifs is 1. The summed E-state index contributed by atoms with van der Waals surface area (Å²) in [6.07, 6.45) is 0.854. The fourth-order valence-electron chi connectivity index (χ4n) is 2.16. The third-order valence-electron chi connectivity index (χ3n) is 3.22. The average molecular weight is 342 g/mol. The van der Waals surface area contributed by atoms with E-state index >= 15 is 0 Å². The summed E-state index contributed by atoms with van der Waals surface area (Å²) in [7, 11) is 1.67. The molecule has 0 aromatic heterocycles. The van der Waals surface area contributed by atoms with Crippen LogP contribution in [0.3, 0.4) is 0 Å². The van der Waals surface area contributed by atoms with Crippen LogP contribution in [0.25, 0.3) is 0 Å². The van der Waals surface area contributed by atoms with Crippen LogP contribution in [0.2, 0.25) is 5.02 Å². The van der Waals surface area contributed by atoms with Gasteiger partial charge >= 0.3 is 0 Å². The predicted octanol–water partition coefficient (Wildman–Crippen LogP) is 2.20. The van der Waals surface area contributed by atoms with Gasteiger partial charge in [0.2, 0.25) is 0 Å². The van der Waals surface area contributed by atoms with Gasteiger partial charge in [-0.2, -0.15) is 0 Å². The van der Waals surface area contributed by atoms with E-state index in [1.807, 2.05) is 19.1 Å². The Balaban J connectivity index is 2.07. The minimum Gasteiger partial charge on any atom is -0.489 e. The minimum absolute atomic E-state index is 0.499. The van der Waals surface area contributed by atoms with Gasteiger partial charge in [0.1, 0.15) is 0 Å². The summed E-state index contributed by atoms with van der Waals surface area (Å²) < 4.78 is 16.4. The van der Waals surface area contributed by atoms with Crippen molar-refractivity contribution in [3.05, 3.63) is 22.7 Å². The molecule has 0 bridgehead atoms. The van der Waals surface area contributed by atoms with E-state index in [0.29, 0.717) is 49.4 Å². The van der Waals surface area contributed by atoms with Gasteiger partial charge in [-0.3, -0.25) is 0 Å². The van der Waals surface area contributed by atoms with Gasteiger partial charge in [-0.05, 0) is 24.6 Å². The molecule has 1 aromatic rings. The monoisotopic (exact) mass is 341 g/mol. The van der Waals surface area contributed by atoms with Crippen LogP contribution in [0, 0.1) is 0 Å². The summed E-state index contributed by atoms with van der Waals surface area (Å²) in [5.74, 6) is 2.06. The van der Waals surface area contributed by atoms with E-state index in [9.17, 15) is 0 Å². The number of ether oxygens (including phenoxy) is 3. The van der Waals surface area contributed by atoms with Crippen LogP contribution >= 0.6 is 11.6 Å². The van der Waals surface area contributed by atoms with Crippen molar-refractivity contribution >= 4 is 17.6 Å². The Morgan fingerprint density at radius 3 is 2.91 bits per heavy atom. The fraction of sp³-hybridized carbons (Fsp3) is 0.562. The maximum atomic E-state index is 6.30. The molecule has 1 heterocycles. The van der Waals surface area contributed by atoms with Gasteiger partial charge in [-0.1, -0.05) is 11.6 Å². The summed E-state index contributed by atoms with van der Waals surface area (Å²) in [5, 5.41) is 6.96. The number of aliphatic imine (C=N–C) groups is 1. The number of benzene rings is 1. The lowest BCUT2D eigenvalue weighted by molar-refractivity contribution is 0.203. The molecule has 7 heteroatoms. The van der Waals surface area contributed by atoms with E-state index < -0.39 is 0 Å². The molecular weight excluding hydrogens is 318 g/mol. The minimum atomic E-state index is 0.499. The number of hydrogen-bond donors (Lipinski definition) is 2. The fourth-order valence-corrected chi connectivity index (χ4v) is 2.45. The highest BCUT2D eigenvalue weighted by atomic mass is 35.5. The first-order chi connectivity index (χ1) is 11.2. The summed E-state index contributed by atoms with van der Waals surface area (Å²) in [6.45, 7) is 5.90. The van der Waals surface area contributed by atoms with E-state index in [1.54, 1.807) is 7.11 Å². The van der Waals surface area contributed by atoms with Gasteiger partial charge in [0.25, 0.3) is 0 Å². The molecule has 0 saturated carbocycles. The lowest BCUT2D eigenvalue weighted by atomic mass is 10.2. The van der Waals surface area contributed by atoms with Crippen molar-refractivity contribution in [1.29, 1.82) is 0 Å². The molecule has 0 spiro atoms. The molecule has 23 heavy (non-hydrogen) atoms. The van der Waals surface area contributed by atoms with Gasteiger partial charge in [-0.25, -0.2) is 4.99 Å². The summed E-state index contributed by atoms with van der Waals surface area (Å²) in [6, 6.07) is 3.81. The number of hydrogen-bond acceptors (Lipinski definition) is 4. The zero-order valence-electron chi connectivity index (χ0n) is 13.7. The normalized spacial score (nSPS) is 14.3. The van der Waals surface area contributed by atoms with Gasteiger partial charge in [-0.15, -0.1) is 0 Å². The topological polar surface area (TPSA) is 64.1 Å². The first kappa shape index (κ1) is 17.7. The van der Waals surface area contributed by atoms with Crippen LogP contribution < -0.4 is 20.1 Å². The highest BCUT2D eigenvalue weighted by Crippen LogP contribution is 2.38. The molecule has 0 aliphatic carbocycles. The Bertz CT molecular complexity index is 538. The molecule has 1 aliphatic heterocycles. The molecule has 1 aliphatic rings. The van der Waals surface area contributed by atoms with Crippen molar-refractivity contribution in [3.8, 4) is 11.5 Å². The SMILES string of the molecule is CCNC(=NCc1cc(Cl)c2c(c1)OCCCO2)NCCOC. The maximum absolute atomic E-state index is 6.30. The third-order valence-corrected chi connectivity index (χ3v) is 3.51. The van der Waals surface area contributed by atoms with Crippen LogP contribution in [0.4, 0.5) is 0 Å². The van der Waals surface area contributed by atoms with E-state index in [0.717, 1.165) is 24.5 Å². The third kappa shape index (κ3) is 5.48. The molecule has 1 aromatic carbocycles. The van der Waals surface area contributed by atoms with Crippen LogP contribution in [-0.2, 0) is 11.3 Å². The number of nitrogens with one attached hydrogen (secondary N) is 2. The smallest absolute Gasteiger partial charge is 0.191 e. The molecule has 2 N–H and O–H groups in total. The zero-order chi connectivity index (χ0) is 16.5. The number of nitrogens with zero attached hydrogens (tertiary/aromatic N) is 1. The second-order valence-electron chi connectivity index (χ2n) is 5.07. The highest BCUT2D eigenvalue weighted by molar-refractivity contribution is 6.32. The second kappa shape index (κ2) is 9.47. The molecule has 0 amide bonds. The molecule has 0 radical (unpaired) electrons. The van der Waals surface area contributed by atoms with E-state index in [-0.39, 0.29) is 0 Å². The lowest BCUT2D eigenvalue weighted by Gasteiger charge is -2.12. The Labute approximate surface area is 142 Å². The standard InChI is InChI=1S/C16H24ClN3O3/c1-3-18-16(19-5-8-21-2)20-11-12-9-13(17)15-14(10-12)22-6-4-7-23-15/h9-10H,3-8,11H2,1-2H3,(H2,18,19,20). The molecule has 0 fully saturated rings. The Morgan fingerprint density at radius 2 is 2.13 bits per heavy atom. The van der Waals surface area contributed by atoms with Crippen molar-refractivity contribution in [2.75, 3.05) is 40.0 Å². The van der Waals surface area contributed by atoms with Crippen LogP contribution in [-0.4, -0.2) is 46.0 Å². The first-order valence-corrected chi connectivity index (χ1v) is 8.21. The largest absolute Gasteiger partial charge is 0.489 e. The predicted molar refractivity (Wildman–Crippen MR) is 91.8 cm³/mol. The van der Waals surface area contributed by atoms with Crippen molar-refractivity contribution in [2.45, 2.75) is 19.9 Å². The number of rotatable bonds is 6. The maximum Gasteiger partial charge on any atom is 0.191 e. The second-order valence-corrected chi connectivity index (χ2v) is 5.48. The molecule has 6 nitrogen and oxygen atoms in total. The highest BCUT2D eigenvalue weighted by Gasteiger charge is 2.15. The van der Waals surface area contributed by atoms with Crippen molar-refractivity contribution in [3.63, 3.8) is 0 Å². The van der Waals surface area contributed by atoms with Crippen LogP contribution in [0.15, 0.2) is 17.1 Å². The van der Waals surface area contributed by atoms with Gasteiger partial charge in [0.05, 0.1) is 31.4 Å². The summed E-state index contributed by atoms with van der Waals surface area (Å²) in [4.78, 5) is 4.55. The Hall–Kier alpha value is -1.66. The number of guanidine groups is 1. The molecule has 0 unspecified atom stereocenters. The van der Waals surface area contributed by atoms with Crippen LogP contribution in [0.1, 0.15) is 18.9 Å². The summed E-state index contributed by atoms with van der Waals surface area (Å²) >= 11 is 6.30. The molecule has 0 saturated heterocycles. The summed E-state index contributed by atoms with van der Waals surface area (Å²) in [5.41, 5.74) is 0.975. The van der Waals surface area contributed by atoms with E-state index in [2.05, 4.69) is 15.6 Å². The Morgan fingerprint density at radius 1 is 1.30 bits per heavy atom. The molecule has 0 atom stereocenters. The van der Waals surface area contributed by atoms with E-state index in [1.165, 1.54) is 0 Å². The van der Waals surface area contributed by atoms with Crippen molar-refractivity contribution < 1.29 is 14.2 Å². The van der Waals surface area contributed by atoms with Gasteiger partial charge in [0, 0.05) is 26.6 Å². The number of methoxy groups -OCH3 is 1. The zero-order valence-corrected chi connectivity index (χ0v) is 14.4. The molecule has 2 rings (SSSR count).